The topological polar surface area (TPSA) is 12.0 Å². The number of fused-ring (bicyclic) bond motifs is 1. The zero-order chi connectivity index (χ0) is 13.1. The summed E-state index contributed by atoms with van der Waals surface area (Å²) in [7, 11) is 0. The van der Waals surface area contributed by atoms with Crippen molar-refractivity contribution >= 4 is 0 Å². The Balaban J connectivity index is 1.73. The van der Waals surface area contributed by atoms with Gasteiger partial charge in [-0.25, -0.2) is 0 Å². The summed E-state index contributed by atoms with van der Waals surface area (Å²) in [6.07, 6.45) is 9.78. The third kappa shape index (κ3) is 2.86. The Hall–Kier alpha value is -0.820. The largest absolute Gasteiger partial charge is 0.314 e. The van der Waals surface area contributed by atoms with Crippen molar-refractivity contribution in [3.05, 3.63) is 35.4 Å². The lowest BCUT2D eigenvalue weighted by Crippen LogP contribution is -2.43. The molecule has 1 heteroatoms. The molecule has 2 aliphatic carbocycles. The second-order valence-corrected chi connectivity index (χ2v) is 6.40. The number of nitrogens with one attached hydrogen (secondary N) is 1. The van der Waals surface area contributed by atoms with Gasteiger partial charge in [0.15, 0.2) is 0 Å². The Labute approximate surface area is 117 Å². The first-order valence-corrected chi connectivity index (χ1v) is 8.18. The number of hydrogen-bond donors (Lipinski definition) is 1. The molecule has 0 amide bonds. The highest BCUT2D eigenvalue weighted by atomic mass is 14.9. The van der Waals surface area contributed by atoms with Crippen molar-refractivity contribution in [3.63, 3.8) is 0 Å². The van der Waals surface area contributed by atoms with Crippen LogP contribution in [-0.2, 0) is 12.8 Å². The fraction of sp³-hybridized carbons (Fsp3) is 0.667. The Morgan fingerprint density at radius 2 is 1.79 bits per heavy atom. The van der Waals surface area contributed by atoms with E-state index in [0.29, 0.717) is 0 Å². The van der Waals surface area contributed by atoms with Crippen molar-refractivity contribution in [3.8, 4) is 0 Å². The lowest BCUT2D eigenvalue weighted by Gasteiger charge is -2.35. The molecule has 1 aromatic rings. The highest BCUT2D eigenvalue weighted by Crippen LogP contribution is 2.36. The average molecular weight is 257 g/mol. The molecule has 0 aromatic heterocycles. The second-order valence-electron chi connectivity index (χ2n) is 6.40. The van der Waals surface area contributed by atoms with Crippen molar-refractivity contribution in [2.24, 2.45) is 11.8 Å². The minimum atomic E-state index is 0.765. The van der Waals surface area contributed by atoms with Crippen LogP contribution in [0, 0.1) is 11.8 Å². The second kappa shape index (κ2) is 6.09. The summed E-state index contributed by atoms with van der Waals surface area (Å²) in [5, 5.41) is 3.83. The monoisotopic (exact) mass is 257 g/mol. The van der Waals surface area contributed by atoms with Gasteiger partial charge in [-0.3, -0.25) is 0 Å². The summed E-state index contributed by atoms with van der Waals surface area (Å²) in [6, 6.07) is 9.83. The smallest absolute Gasteiger partial charge is 0.0127 e. The first-order valence-electron chi connectivity index (χ1n) is 8.18. The van der Waals surface area contributed by atoms with E-state index in [1.807, 2.05) is 0 Å². The molecule has 0 spiro atoms. The van der Waals surface area contributed by atoms with Gasteiger partial charge in [-0.15, -0.1) is 0 Å². The maximum absolute atomic E-state index is 3.83. The first-order chi connectivity index (χ1) is 9.38. The first kappa shape index (κ1) is 13.2. The van der Waals surface area contributed by atoms with E-state index in [4.69, 9.17) is 0 Å². The predicted octanol–water partition coefficient (Wildman–Crippen LogP) is 3.96. The third-order valence-electron chi connectivity index (χ3n) is 5.24. The lowest BCUT2D eigenvalue weighted by atomic mass is 9.75. The molecular formula is C18H27N. The molecular weight excluding hydrogens is 230 g/mol. The molecule has 3 rings (SSSR count). The highest BCUT2D eigenvalue weighted by Gasteiger charge is 2.32. The number of rotatable bonds is 4. The van der Waals surface area contributed by atoms with Crippen molar-refractivity contribution < 1.29 is 0 Å². The maximum atomic E-state index is 3.83. The Kier molecular flexibility index (Phi) is 4.22. The molecule has 1 N–H and O–H groups in total. The van der Waals surface area contributed by atoms with Gasteiger partial charge in [0.2, 0.25) is 0 Å². The van der Waals surface area contributed by atoms with E-state index in [-0.39, 0.29) is 0 Å². The van der Waals surface area contributed by atoms with Gasteiger partial charge in [0, 0.05) is 6.04 Å². The summed E-state index contributed by atoms with van der Waals surface area (Å²) in [6.45, 7) is 3.39. The Morgan fingerprint density at radius 3 is 2.53 bits per heavy atom. The van der Waals surface area contributed by atoms with Gasteiger partial charge in [-0.05, 0) is 61.6 Å². The van der Waals surface area contributed by atoms with Crippen LogP contribution in [0.1, 0.15) is 50.2 Å². The van der Waals surface area contributed by atoms with Crippen LogP contribution in [0.15, 0.2) is 24.3 Å². The lowest BCUT2D eigenvalue weighted by molar-refractivity contribution is 0.241. The average Bonchev–Trinajstić information content (AvgIpc) is 2.98. The van der Waals surface area contributed by atoms with Gasteiger partial charge in [0.1, 0.15) is 0 Å². The van der Waals surface area contributed by atoms with Crippen LogP contribution in [0.3, 0.4) is 0 Å². The number of benzene rings is 1. The molecule has 0 bridgehead atoms. The molecule has 104 valence electrons. The quantitative estimate of drug-likeness (QED) is 0.861. The van der Waals surface area contributed by atoms with Crippen molar-refractivity contribution in [1.29, 1.82) is 0 Å². The van der Waals surface area contributed by atoms with Crippen LogP contribution in [-0.4, -0.2) is 12.6 Å². The molecule has 2 unspecified atom stereocenters. The van der Waals surface area contributed by atoms with E-state index < -0.39 is 0 Å². The molecule has 0 heterocycles. The molecule has 1 saturated carbocycles. The van der Waals surface area contributed by atoms with Crippen LogP contribution in [0.4, 0.5) is 0 Å². The molecule has 0 saturated heterocycles. The summed E-state index contributed by atoms with van der Waals surface area (Å²) < 4.78 is 0. The van der Waals surface area contributed by atoms with Crippen LogP contribution in [0.25, 0.3) is 0 Å². The van der Waals surface area contributed by atoms with Crippen LogP contribution in [0.5, 0.6) is 0 Å². The summed E-state index contributed by atoms with van der Waals surface area (Å²) >= 11 is 0. The molecule has 1 fully saturated rings. The SMILES string of the molecule is CCNC(C1CCCC1)C1CCc2ccccc2C1. The summed E-state index contributed by atoms with van der Waals surface area (Å²) in [4.78, 5) is 0. The fourth-order valence-corrected chi connectivity index (χ4v) is 4.30. The van der Waals surface area contributed by atoms with Gasteiger partial charge in [0.25, 0.3) is 0 Å². The molecule has 1 nitrogen and oxygen atoms in total. The van der Waals surface area contributed by atoms with E-state index in [2.05, 4.69) is 36.5 Å². The predicted molar refractivity (Wildman–Crippen MR) is 81.4 cm³/mol. The van der Waals surface area contributed by atoms with Crippen molar-refractivity contribution in [2.75, 3.05) is 6.54 Å². The normalized spacial score (nSPS) is 25.2. The number of hydrogen-bond acceptors (Lipinski definition) is 1. The highest BCUT2D eigenvalue weighted by molar-refractivity contribution is 5.30. The Morgan fingerprint density at radius 1 is 1.05 bits per heavy atom. The molecule has 2 aliphatic rings. The maximum Gasteiger partial charge on any atom is 0.0127 e. The summed E-state index contributed by atoms with van der Waals surface area (Å²) in [5.74, 6) is 1.80. The van der Waals surface area contributed by atoms with Gasteiger partial charge in [-0.1, -0.05) is 44.0 Å². The number of aryl methyl sites for hydroxylation is 1. The van der Waals surface area contributed by atoms with Gasteiger partial charge >= 0.3 is 0 Å². The molecule has 2 atom stereocenters. The van der Waals surface area contributed by atoms with Crippen LogP contribution >= 0.6 is 0 Å². The third-order valence-corrected chi connectivity index (χ3v) is 5.24. The molecule has 0 radical (unpaired) electrons. The van der Waals surface area contributed by atoms with E-state index >= 15 is 0 Å². The standard InChI is InChI=1S/C18H27N/c1-2-19-18(15-8-4-5-9-15)17-12-11-14-7-3-6-10-16(14)13-17/h3,6-7,10,15,17-19H,2,4-5,8-9,11-13H2,1H3. The van der Waals surface area contributed by atoms with E-state index in [1.165, 1.54) is 44.9 Å². The summed E-state index contributed by atoms with van der Waals surface area (Å²) in [5.41, 5.74) is 3.21. The molecule has 19 heavy (non-hydrogen) atoms. The molecule has 0 aliphatic heterocycles. The van der Waals surface area contributed by atoms with E-state index in [0.717, 1.165) is 24.4 Å². The van der Waals surface area contributed by atoms with Crippen LogP contribution < -0.4 is 5.32 Å². The van der Waals surface area contributed by atoms with Crippen molar-refractivity contribution in [1.82, 2.24) is 5.32 Å². The fourth-order valence-electron chi connectivity index (χ4n) is 4.30. The van der Waals surface area contributed by atoms with Gasteiger partial charge in [0.05, 0.1) is 0 Å². The van der Waals surface area contributed by atoms with Crippen LogP contribution in [0.2, 0.25) is 0 Å². The van der Waals surface area contributed by atoms with Gasteiger partial charge in [-0.2, -0.15) is 0 Å². The minimum Gasteiger partial charge on any atom is -0.314 e. The van der Waals surface area contributed by atoms with E-state index in [9.17, 15) is 0 Å². The Bertz CT molecular complexity index is 406. The minimum absolute atomic E-state index is 0.765. The van der Waals surface area contributed by atoms with Gasteiger partial charge < -0.3 is 5.32 Å². The van der Waals surface area contributed by atoms with Crippen molar-refractivity contribution in [2.45, 2.75) is 57.9 Å². The molecule has 1 aromatic carbocycles. The zero-order valence-corrected chi connectivity index (χ0v) is 12.2. The zero-order valence-electron chi connectivity index (χ0n) is 12.2. The van der Waals surface area contributed by atoms with E-state index in [1.54, 1.807) is 11.1 Å².